The normalized spacial score (nSPS) is 12.9. The van der Waals surface area contributed by atoms with Crippen LogP contribution in [0.25, 0.3) is 21.8 Å². The van der Waals surface area contributed by atoms with Gasteiger partial charge in [-0.05, 0) is 86.7 Å². The van der Waals surface area contributed by atoms with E-state index < -0.39 is 24.9 Å². The lowest BCUT2D eigenvalue weighted by molar-refractivity contribution is -0.148. The fourth-order valence-electron chi connectivity index (χ4n) is 6.84. The number of halogens is 4. The molecule has 0 saturated heterocycles. The summed E-state index contributed by atoms with van der Waals surface area (Å²) >= 11 is 0. The number of rotatable bonds is 15. The highest BCUT2D eigenvalue weighted by atomic mass is 19.3. The second kappa shape index (κ2) is 16.1. The van der Waals surface area contributed by atoms with Crippen molar-refractivity contribution in [1.29, 1.82) is 0 Å². The predicted molar refractivity (Wildman–Crippen MR) is 197 cm³/mol. The number of hydrogen-bond donors (Lipinski definition) is 0. The average molecular weight is 717 g/mol. The first-order valence-corrected chi connectivity index (χ1v) is 17.6. The van der Waals surface area contributed by atoms with Gasteiger partial charge in [0.05, 0.1) is 0 Å². The molecule has 0 radical (unpaired) electrons. The number of carbonyl (C=O) groups excluding carboxylic acids is 2. The molecule has 10 heteroatoms. The third kappa shape index (κ3) is 8.22. The van der Waals surface area contributed by atoms with Gasteiger partial charge in [0.1, 0.15) is 11.5 Å². The first kappa shape index (κ1) is 38.2. The fraction of sp³-hybridized carbons (Fsp3) is 0.357. The lowest BCUT2D eigenvalue weighted by Crippen LogP contribution is -2.34. The van der Waals surface area contributed by atoms with Crippen LogP contribution in [0.3, 0.4) is 0 Å². The summed E-state index contributed by atoms with van der Waals surface area (Å²) in [6, 6.07) is 21.3. The van der Waals surface area contributed by atoms with Crippen molar-refractivity contribution < 1.29 is 36.7 Å². The standard InChI is InChI=1S/C42H44F4N2O4/c1-7-9-12-29(8-2)23-48-35-17-15-30(39(47-52-28(6)49)32-13-10-11-14-37(32)51-24-42(45,46)41(43)44)21-33(35)34-22-31(16-18-36(34)48)40(50)38-26(4)19-25(3)20-27(38)5/h10-11,13-22,29,41H,7-9,12,23-24H2,1-6H3/b47-39+. The Balaban J connectivity index is 1.71. The SMILES string of the molecule is CCCCC(CC)Cn1c2ccc(C(=O)c3c(C)cc(C)cc3C)cc2c2cc(/C(=N\OC(C)=O)c3ccccc3OCC(F)(F)C(F)F)ccc21. The van der Waals surface area contributed by atoms with E-state index >= 15 is 0 Å². The molecule has 0 fully saturated rings. The Kier molecular flexibility index (Phi) is 11.9. The minimum absolute atomic E-state index is 0.0708. The molecule has 5 rings (SSSR count). The molecule has 1 atom stereocenters. The molecule has 0 aliphatic rings. The molecule has 5 aromatic rings. The second-order valence-electron chi connectivity index (χ2n) is 13.5. The number of benzene rings is 4. The Labute approximate surface area is 301 Å². The summed E-state index contributed by atoms with van der Waals surface area (Å²) in [4.78, 5) is 31.1. The zero-order chi connectivity index (χ0) is 37.7. The lowest BCUT2D eigenvalue weighted by Gasteiger charge is -2.18. The van der Waals surface area contributed by atoms with Crippen molar-refractivity contribution >= 4 is 39.3 Å². The quantitative estimate of drug-likeness (QED) is 0.0356. The van der Waals surface area contributed by atoms with E-state index in [1.165, 1.54) is 25.1 Å². The summed E-state index contributed by atoms with van der Waals surface area (Å²) in [6.45, 7) is 10.6. The van der Waals surface area contributed by atoms with Crippen molar-refractivity contribution in [3.8, 4) is 5.75 Å². The number of alkyl halides is 4. The number of unbranched alkanes of at least 4 members (excludes halogenated alkanes) is 1. The first-order chi connectivity index (χ1) is 24.7. The minimum Gasteiger partial charge on any atom is -0.486 e. The van der Waals surface area contributed by atoms with Gasteiger partial charge in [0.25, 0.3) is 0 Å². The van der Waals surface area contributed by atoms with Crippen LogP contribution in [0.15, 0.2) is 78.0 Å². The first-order valence-electron chi connectivity index (χ1n) is 17.6. The summed E-state index contributed by atoms with van der Waals surface area (Å²) in [5.41, 5.74) is 6.57. The summed E-state index contributed by atoms with van der Waals surface area (Å²) < 4.78 is 61.3. The molecule has 274 valence electrons. The van der Waals surface area contributed by atoms with Crippen LogP contribution in [0.2, 0.25) is 0 Å². The molecule has 1 heterocycles. The van der Waals surface area contributed by atoms with E-state index in [1.807, 2.05) is 63.2 Å². The van der Waals surface area contributed by atoms with Gasteiger partial charge in [-0.25, -0.2) is 13.6 Å². The number of ketones is 1. The van der Waals surface area contributed by atoms with Gasteiger partial charge in [-0.2, -0.15) is 8.78 Å². The van der Waals surface area contributed by atoms with Crippen LogP contribution < -0.4 is 4.74 Å². The van der Waals surface area contributed by atoms with Crippen molar-refractivity contribution in [2.45, 2.75) is 86.1 Å². The molecule has 0 aliphatic carbocycles. The fourth-order valence-corrected chi connectivity index (χ4v) is 6.84. The van der Waals surface area contributed by atoms with Gasteiger partial charge in [0.2, 0.25) is 0 Å². The van der Waals surface area contributed by atoms with Crippen molar-refractivity contribution in [2.75, 3.05) is 6.61 Å². The smallest absolute Gasteiger partial charge is 0.340 e. The van der Waals surface area contributed by atoms with Gasteiger partial charge >= 0.3 is 18.3 Å². The molecule has 0 saturated carbocycles. The predicted octanol–water partition coefficient (Wildman–Crippen LogP) is 10.8. The molecule has 4 aromatic carbocycles. The van der Waals surface area contributed by atoms with E-state index in [2.05, 4.69) is 23.6 Å². The number of para-hydroxylation sites is 1. The van der Waals surface area contributed by atoms with E-state index in [0.29, 0.717) is 22.6 Å². The molecular weight excluding hydrogens is 672 g/mol. The van der Waals surface area contributed by atoms with Crippen LogP contribution in [0, 0.1) is 26.7 Å². The maximum atomic E-state index is 14.1. The highest BCUT2D eigenvalue weighted by Crippen LogP contribution is 2.35. The minimum atomic E-state index is -4.39. The molecule has 0 bridgehead atoms. The molecule has 6 nitrogen and oxygen atoms in total. The summed E-state index contributed by atoms with van der Waals surface area (Å²) in [6.07, 6.45) is 0.330. The maximum Gasteiger partial charge on any atom is 0.340 e. The topological polar surface area (TPSA) is 69.9 Å². The van der Waals surface area contributed by atoms with E-state index in [9.17, 15) is 27.2 Å². The third-order valence-electron chi connectivity index (χ3n) is 9.44. The van der Waals surface area contributed by atoms with Crippen LogP contribution in [0.5, 0.6) is 5.75 Å². The van der Waals surface area contributed by atoms with Crippen LogP contribution in [0.1, 0.15) is 90.2 Å². The van der Waals surface area contributed by atoms with Crippen molar-refractivity contribution in [1.82, 2.24) is 4.57 Å². The third-order valence-corrected chi connectivity index (χ3v) is 9.44. The Hall–Kier alpha value is -4.99. The van der Waals surface area contributed by atoms with Crippen molar-refractivity contribution in [3.05, 3.63) is 112 Å². The van der Waals surface area contributed by atoms with Crippen LogP contribution >= 0.6 is 0 Å². The Morgan fingerprint density at radius 1 is 0.865 bits per heavy atom. The van der Waals surface area contributed by atoms with Gasteiger partial charge in [-0.1, -0.05) is 74.2 Å². The van der Waals surface area contributed by atoms with Gasteiger partial charge in [-0.3, -0.25) is 4.79 Å². The molecule has 1 unspecified atom stereocenters. The summed E-state index contributed by atoms with van der Waals surface area (Å²) in [7, 11) is 0. The number of oxime groups is 1. The van der Waals surface area contributed by atoms with E-state index in [1.54, 1.807) is 12.1 Å². The van der Waals surface area contributed by atoms with Crippen molar-refractivity contribution in [3.63, 3.8) is 0 Å². The van der Waals surface area contributed by atoms with Crippen LogP contribution in [0.4, 0.5) is 17.6 Å². The number of ether oxygens (including phenoxy) is 1. The molecule has 0 amide bonds. The van der Waals surface area contributed by atoms with E-state index in [-0.39, 0.29) is 22.8 Å². The van der Waals surface area contributed by atoms with E-state index in [0.717, 1.165) is 70.7 Å². The number of nitrogens with zero attached hydrogens (tertiary/aromatic N) is 2. The maximum absolute atomic E-state index is 14.1. The molecule has 0 spiro atoms. The van der Waals surface area contributed by atoms with Gasteiger partial charge in [0, 0.05) is 57.5 Å². The number of hydrogen-bond acceptors (Lipinski definition) is 5. The molecule has 1 aromatic heterocycles. The average Bonchev–Trinajstić information content (AvgIpc) is 3.40. The van der Waals surface area contributed by atoms with Crippen LogP contribution in [-0.4, -0.2) is 41.0 Å². The monoisotopic (exact) mass is 716 g/mol. The van der Waals surface area contributed by atoms with Crippen LogP contribution in [-0.2, 0) is 16.2 Å². The number of aryl methyl sites for hydroxylation is 3. The highest BCUT2D eigenvalue weighted by molar-refractivity contribution is 6.19. The summed E-state index contributed by atoms with van der Waals surface area (Å²) in [5, 5.41) is 5.71. The lowest BCUT2D eigenvalue weighted by atomic mass is 9.92. The summed E-state index contributed by atoms with van der Waals surface area (Å²) in [5.74, 6) is -4.93. The zero-order valence-electron chi connectivity index (χ0n) is 30.4. The number of carbonyl (C=O) groups is 2. The zero-order valence-corrected chi connectivity index (χ0v) is 30.4. The van der Waals surface area contributed by atoms with E-state index in [4.69, 9.17) is 9.57 Å². The number of aromatic nitrogens is 1. The largest absolute Gasteiger partial charge is 0.486 e. The van der Waals surface area contributed by atoms with Gasteiger partial charge in [-0.15, -0.1) is 0 Å². The molecular formula is C42H44F4N2O4. The van der Waals surface area contributed by atoms with Crippen molar-refractivity contribution in [2.24, 2.45) is 11.1 Å². The molecule has 0 aliphatic heterocycles. The van der Waals surface area contributed by atoms with Gasteiger partial charge < -0.3 is 14.1 Å². The molecule has 0 N–H and O–H groups in total. The second-order valence-corrected chi connectivity index (χ2v) is 13.5. The number of fused-ring (bicyclic) bond motifs is 3. The Morgan fingerprint density at radius 3 is 2.08 bits per heavy atom. The molecule has 52 heavy (non-hydrogen) atoms. The highest BCUT2D eigenvalue weighted by Gasteiger charge is 2.42. The Morgan fingerprint density at radius 2 is 1.48 bits per heavy atom. The van der Waals surface area contributed by atoms with Gasteiger partial charge in [0.15, 0.2) is 12.4 Å². The Bertz CT molecular complexity index is 2110.